The van der Waals surface area contributed by atoms with Crippen molar-refractivity contribution >= 4 is 47.4 Å². The summed E-state index contributed by atoms with van der Waals surface area (Å²) in [5.41, 5.74) is 2.89. The number of hydrogen-bond acceptors (Lipinski definition) is 12. The number of nitrogens with one attached hydrogen (secondary N) is 2. The lowest BCUT2D eigenvalue weighted by atomic mass is 9.97. The molecular formula is C21H25N3O10S. The van der Waals surface area contributed by atoms with E-state index in [4.69, 9.17) is 35.9 Å². The number of ether oxygens (including phenoxy) is 5. The lowest BCUT2D eigenvalue weighted by Gasteiger charge is -2.43. The second kappa shape index (κ2) is 12.6. The number of carbonyl (C=O) groups excluding carboxylic acids is 4. The third kappa shape index (κ3) is 7.89. The van der Waals surface area contributed by atoms with Crippen molar-refractivity contribution in [2.24, 2.45) is 5.10 Å². The van der Waals surface area contributed by atoms with Crippen LogP contribution in [-0.2, 0) is 42.9 Å². The molecule has 0 aromatic heterocycles. The van der Waals surface area contributed by atoms with Crippen LogP contribution in [0.1, 0.15) is 26.3 Å². The highest BCUT2D eigenvalue weighted by molar-refractivity contribution is 7.80. The number of rotatable bonds is 7. The molecule has 13 nitrogen and oxygen atoms in total. The minimum Gasteiger partial charge on any atom is -0.507 e. The molecule has 0 saturated carbocycles. The Labute approximate surface area is 205 Å². The van der Waals surface area contributed by atoms with Gasteiger partial charge in [-0.1, -0.05) is 12.1 Å². The fourth-order valence-electron chi connectivity index (χ4n) is 3.15. The van der Waals surface area contributed by atoms with Crippen molar-refractivity contribution in [3.63, 3.8) is 0 Å². The van der Waals surface area contributed by atoms with Gasteiger partial charge in [0.15, 0.2) is 35.8 Å². The van der Waals surface area contributed by atoms with E-state index in [2.05, 4.69) is 15.8 Å². The van der Waals surface area contributed by atoms with Gasteiger partial charge in [0.1, 0.15) is 5.75 Å². The number of nitrogens with zero attached hydrogens (tertiary/aromatic N) is 1. The summed E-state index contributed by atoms with van der Waals surface area (Å²) in [6.45, 7) is 3.26. The first kappa shape index (κ1) is 27.5. The van der Waals surface area contributed by atoms with Crippen LogP contribution in [0.4, 0.5) is 0 Å². The fourth-order valence-corrected chi connectivity index (χ4v) is 3.32. The third-order valence-corrected chi connectivity index (χ3v) is 4.67. The number of thiocarbonyl (C=S) groups is 1. The largest absolute Gasteiger partial charge is 0.507 e. The van der Waals surface area contributed by atoms with Crippen LogP contribution in [0, 0.1) is 0 Å². The van der Waals surface area contributed by atoms with E-state index in [0.717, 1.165) is 27.9 Å². The second-order valence-electron chi connectivity index (χ2n) is 7.12. The second-order valence-corrected chi connectivity index (χ2v) is 7.53. The Kier molecular flexibility index (Phi) is 9.90. The van der Waals surface area contributed by atoms with Crippen molar-refractivity contribution in [2.75, 3.05) is 7.11 Å². The van der Waals surface area contributed by atoms with E-state index in [1.807, 2.05) is 0 Å². The predicted molar refractivity (Wildman–Crippen MR) is 122 cm³/mol. The highest BCUT2D eigenvalue weighted by Gasteiger charge is 2.55. The first-order valence-corrected chi connectivity index (χ1v) is 10.6. The summed E-state index contributed by atoms with van der Waals surface area (Å²) in [6.07, 6.45) is -5.98. The van der Waals surface area contributed by atoms with Crippen LogP contribution in [0.5, 0.6) is 5.75 Å². The summed E-state index contributed by atoms with van der Waals surface area (Å²) >= 11 is 5.18. The number of phenols is 1. The summed E-state index contributed by atoms with van der Waals surface area (Å²) in [4.78, 5) is 47.7. The zero-order valence-corrected chi connectivity index (χ0v) is 20.1. The Morgan fingerprint density at radius 3 is 2.14 bits per heavy atom. The maximum atomic E-state index is 12.4. The summed E-state index contributed by atoms with van der Waals surface area (Å²) in [5.74, 6) is -3.35. The summed E-state index contributed by atoms with van der Waals surface area (Å²) in [5, 5.41) is 16.2. The minimum atomic E-state index is -1.56. The number of benzene rings is 1. The number of aromatic hydroxyl groups is 1. The average molecular weight is 512 g/mol. The molecule has 0 radical (unpaired) electrons. The molecule has 0 aliphatic carbocycles. The Morgan fingerprint density at radius 2 is 1.57 bits per heavy atom. The van der Waals surface area contributed by atoms with Crippen molar-refractivity contribution in [2.45, 2.75) is 51.4 Å². The van der Waals surface area contributed by atoms with E-state index in [1.165, 1.54) is 12.3 Å². The summed E-state index contributed by atoms with van der Waals surface area (Å²) in [6, 6.07) is 6.41. The molecule has 5 atom stereocenters. The van der Waals surface area contributed by atoms with E-state index in [9.17, 15) is 24.3 Å². The van der Waals surface area contributed by atoms with Gasteiger partial charge in [-0.15, -0.1) is 0 Å². The lowest BCUT2D eigenvalue weighted by Crippen LogP contribution is -2.67. The van der Waals surface area contributed by atoms with Gasteiger partial charge in [-0.05, 0) is 24.4 Å². The van der Waals surface area contributed by atoms with E-state index in [1.54, 1.807) is 18.2 Å². The average Bonchev–Trinajstić information content (AvgIpc) is 2.77. The Balaban J connectivity index is 2.31. The number of para-hydroxylation sites is 1. The Bertz CT molecular complexity index is 1000. The first-order valence-electron chi connectivity index (χ1n) is 10.2. The van der Waals surface area contributed by atoms with Gasteiger partial charge in [0.2, 0.25) is 0 Å². The van der Waals surface area contributed by atoms with Crippen molar-refractivity contribution in [3.8, 4) is 5.75 Å². The molecule has 0 amide bonds. The van der Waals surface area contributed by atoms with Gasteiger partial charge in [0.25, 0.3) is 0 Å². The molecule has 1 aliphatic rings. The van der Waals surface area contributed by atoms with Gasteiger partial charge < -0.3 is 34.1 Å². The zero-order valence-electron chi connectivity index (χ0n) is 19.3. The molecule has 35 heavy (non-hydrogen) atoms. The van der Waals surface area contributed by atoms with Gasteiger partial charge >= 0.3 is 23.9 Å². The highest BCUT2D eigenvalue weighted by Crippen LogP contribution is 2.28. The normalized spacial score (nSPS) is 23.6. The molecule has 3 N–H and O–H groups in total. The van der Waals surface area contributed by atoms with Crippen LogP contribution >= 0.6 is 12.2 Å². The van der Waals surface area contributed by atoms with Crippen LogP contribution in [-0.4, -0.2) is 78.1 Å². The number of carbonyl (C=O) groups is 4. The van der Waals surface area contributed by atoms with Crippen molar-refractivity contribution in [3.05, 3.63) is 29.8 Å². The molecule has 0 unspecified atom stereocenters. The van der Waals surface area contributed by atoms with Crippen LogP contribution in [0.15, 0.2) is 29.4 Å². The first-order chi connectivity index (χ1) is 16.5. The number of hydrazone groups is 1. The van der Waals surface area contributed by atoms with Crippen LogP contribution in [0.25, 0.3) is 0 Å². The number of methoxy groups -OCH3 is 1. The van der Waals surface area contributed by atoms with Crippen molar-refractivity contribution in [1.29, 1.82) is 0 Å². The number of phenolic OH excluding ortho intramolecular Hbond substituents is 1. The van der Waals surface area contributed by atoms with Crippen LogP contribution in [0.3, 0.4) is 0 Å². The lowest BCUT2D eigenvalue weighted by molar-refractivity contribution is -0.250. The van der Waals surface area contributed by atoms with E-state index >= 15 is 0 Å². The van der Waals surface area contributed by atoms with Gasteiger partial charge in [-0.25, -0.2) is 4.79 Å². The molecular weight excluding hydrogens is 486 g/mol. The molecule has 14 heteroatoms. The van der Waals surface area contributed by atoms with E-state index < -0.39 is 54.5 Å². The fraction of sp³-hybridized carbons (Fsp3) is 0.429. The number of esters is 4. The Hall–Kier alpha value is -3.78. The predicted octanol–water partition coefficient (Wildman–Crippen LogP) is -0.117. The smallest absolute Gasteiger partial charge is 0.339 e. The molecule has 1 aliphatic heterocycles. The van der Waals surface area contributed by atoms with E-state index in [0.29, 0.717) is 5.56 Å². The minimum absolute atomic E-state index is 0.0101. The summed E-state index contributed by atoms with van der Waals surface area (Å²) in [7, 11) is 1.08. The summed E-state index contributed by atoms with van der Waals surface area (Å²) < 4.78 is 26.1. The molecule has 0 spiro atoms. The Morgan fingerprint density at radius 1 is 1.00 bits per heavy atom. The monoisotopic (exact) mass is 511 g/mol. The van der Waals surface area contributed by atoms with Crippen molar-refractivity contribution in [1.82, 2.24) is 10.7 Å². The topological polar surface area (TPSA) is 171 Å². The van der Waals surface area contributed by atoms with E-state index in [-0.39, 0.29) is 10.9 Å². The third-order valence-electron chi connectivity index (χ3n) is 4.46. The standard InChI is InChI=1S/C21H25N3O10S/c1-10(25)31-15-16(32-11(2)26)18(20(29)30-4)34-19(17(15)33-12(3)27)23-21(35)24-22-9-13-7-5-6-8-14(13)28/h5-9,15-19,28H,1-4H3,(H2,23,24,35)/b22-9+/t15-,16-,17+,18-,19+/m0/s1. The maximum absolute atomic E-state index is 12.4. The van der Waals surface area contributed by atoms with Gasteiger partial charge in [0.05, 0.1) is 13.3 Å². The maximum Gasteiger partial charge on any atom is 0.339 e. The van der Waals surface area contributed by atoms with Crippen molar-refractivity contribution < 1.29 is 48.0 Å². The molecule has 1 saturated heterocycles. The van der Waals surface area contributed by atoms with Gasteiger partial charge in [0, 0.05) is 26.3 Å². The molecule has 1 fully saturated rings. The molecule has 1 aromatic rings. The van der Waals surface area contributed by atoms with Crippen LogP contribution in [0.2, 0.25) is 0 Å². The molecule has 2 rings (SSSR count). The number of hydrogen-bond donors (Lipinski definition) is 3. The molecule has 1 aromatic carbocycles. The quantitative estimate of drug-likeness (QED) is 0.146. The molecule has 1 heterocycles. The highest BCUT2D eigenvalue weighted by atomic mass is 32.1. The molecule has 190 valence electrons. The van der Waals surface area contributed by atoms with Gasteiger partial charge in [-0.2, -0.15) is 5.10 Å². The zero-order chi connectivity index (χ0) is 26.1. The van der Waals surface area contributed by atoms with Gasteiger partial charge in [-0.3, -0.25) is 19.8 Å². The molecule has 0 bridgehead atoms. The van der Waals surface area contributed by atoms with Crippen LogP contribution < -0.4 is 10.7 Å². The SMILES string of the molecule is COC(=O)[C@H]1O[C@@H](NC(=S)N/N=C/c2ccccc2O)[C@H](OC(C)=O)[C@@H](OC(C)=O)[C@@H]1OC(C)=O.